The predicted molar refractivity (Wildman–Crippen MR) is 49.5 cm³/mol. The fourth-order valence-corrected chi connectivity index (χ4v) is 0.428. The number of hydrogen-bond acceptors (Lipinski definition) is 2. The number of phenols is 1. The molecule has 0 saturated heterocycles. The molecule has 0 heterocycles. The van der Waals surface area contributed by atoms with Gasteiger partial charge in [-0.2, -0.15) is 0 Å². The molecule has 0 radical (unpaired) electrons. The van der Waals surface area contributed by atoms with Gasteiger partial charge in [-0.05, 0) is 12.1 Å². The fraction of sp³-hybridized carbons (Fsp3) is 0. The quantitative estimate of drug-likeness (QED) is 0.356. The van der Waals surface area contributed by atoms with Crippen LogP contribution in [0.4, 0.5) is 0 Å². The van der Waals surface area contributed by atoms with Crippen molar-refractivity contribution in [2.75, 3.05) is 0 Å². The van der Waals surface area contributed by atoms with Crippen molar-refractivity contribution in [3.05, 3.63) is 30.3 Å². The van der Waals surface area contributed by atoms with Gasteiger partial charge in [0.1, 0.15) is 5.75 Å². The van der Waals surface area contributed by atoms with E-state index in [4.69, 9.17) is 24.4 Å². The summed E-state index contributed by atoms with van der Waals surface area (Å²) in [6, 6.07) is 8.71. The number of aromatic hydroxyl groups is 1. The molecule has 13 heavy (non-hydrogen) atoms. The molecule has 4 N–H and O–H groups in total. The second-order valence-electron chi connectivity index (χ2n) is 1.85. The Bertz CT molecular complexity index is 251. The van der Waals surface area contributed by atoms with Gasteiger partial charge in [-0.1, -0.05) is 18.2 Å². The summed E-state index contributed by atoms with van der Waals surface area (Å²) in [4.78, 5) is 21.6. The van der Waals surface area contributed by atoms with Gasteiger partial charge in [0.25, 0.3) is 0 Å². The molecule has 0 saturated carbocycles. The second-order valence-corrected chi connectivity index (χ2v) is 2.88. The number of hydrogen-bond donors (Lipinski definition) is 4. The Morgan fingerprint density at radius 2 is 1.31 bits per heavy atom. The van der Waals surface area contributed by atoms with E-state index in [2.05, 4.69) is 0 Å². The first-order valence-electron chi connectivity index (χ1n) is 2.92. The monoisotopic (exact) mass is 216 g/mol. The van der Waals surface area contributed by atoms with Gasteiger partial charge in [0.2, 0.25) is 0 Å². The van der Waals surface area contributed by atoms with Crippen LogP contribution in [0, 0.1) is 0 Å². The molecule has 0 aliphatic carbocycles. The van der Waals surface area contributed by atoms with Crippen LogP contribution in [0.15, 0.2) is 30.3 Å². The minimum atomic E-state index is -4.64. The topological polar surface area (TPSA) is 98.0 Å². The molecule has 7 heteroatoms. The van der Waals surface area contributed by atoms with Gasteiger partial charge in [-0.25, -0.2) is 4.57 Å². The van der Waals surface area contributed by atoms with Crippen LogP contribution in [0.5, 0.6) is 5.75 Å². The summed E-state index contributed by atoms with van der Waals surface area (Å²) < 4.78 is 8.88. The maximum atomic E-state index is 8.88. The van der Waals surface area contributed by atoms with Gasteiger partial charge in [-0.15, -0.1) is 0 Å². The van der Waals surface area contributed by atoms with Crippen LogP contribution in [-0.2, 0) is 4.57 Å². The van der Waals surface area contributed by atoms with Crippen LogP contribution >= 0.6 is 7.82 Å². The zero-order valence-electron chi connectivity index (χ0n) is 6.03. The molecule has 0 aliphatic heterocycles. The van der Waals surface area contributed by atoms with Gasteiger partial charge < -0.3 is 19.8 Å². The van der Waals surface area contributed by atoms with Gasteiger partial charge >= 0.3 is 37.4 Å². The van der Waals surface area contributed by atoms with Crippen molar-refractivity contribution in [2.45, 2.75) is 0 Å². The average molecular weight is 216 g/mol. The first-order chi connectivity index (χ1) is 5.39. The molecule has 0 aliphatic rings. The summed E-state index contributed by atoms with van der Waals surface area (Å²) in [5, 5.41) is 8.63. The summed E-state index contributed by atoms with van der Waals surface area (Å²) in [6.45, 7) is 0. The van der Waals surface area contributed by atoms with Crippen LogP contribution in [0.2, 0.25) is 0 Å². The standard InChI is InChI=1S/C6H6O.Na.H3O4P.H/c7-6-4-2-1-3-5-6;;1-5(2,3)4;/h1-5,7H;;(H3,1,2,3,4);. The molecule has 1 aromatic rings. The van der Waals surface area contributed by atoms with E-state index in [-0.39, 0.29) is 29.6 Å². The molecular weight excluding hydrogens is 206 g/mol. The van der Waals surface area contributed by atoms with E-state index in [9.17, 15) is 0 Å². The molecule has 5 nitrogen and oxygen atoms in total. The number of para-hydroxylation sites is 1. The van der Waals surface area contributed by atoms with Gasteiger partial charge in [0, 0.05) is 0 Å². The van der Waals surface area contributed by atoms with E-state index in [1.807, 2.05) is 6.07 Å². The maximum absolute atomic E-state index is 8.88. The van der Waals surface area contributed by atoms with Crippen molar-refractivity contribution in [2.24, 2.45) is 0 Å². The van der Waals surface area contributed by atoms with Crippen LogP contribution in [-0.4, -0.2) is 49.3 Å². The normalized spacial score (nSPS) is 9.15. The molecule has 0 aromatic heterocycles. The van der Waals surface area contributed by atoms with Gasteiger partial charge in [-0.3, -0.25) is 0 Å². The third-order valence-corrected chi connectivity index (χ3v) is 0.756. The molecule has 0 amide bonds. The summed E-state index contributed by atoms with van der Waals surface area (Å²) in [7, 11) is -4.64. The van der Waals surface area contributed by atoms with E-state index in [1.54, 1.807) is 24.3 Å². The summed E-state index contributed by atoms with van der Waals surface area (Å²) >= 11 is 0. The van der Waals surface area contributed by atoms with Crippen LogP contribution in [0.1, 0.15) is 0 Å². The number of rotatable bonds is 0. The van der Waals surface area contributed by atoms with E-state index in [1.165, 1.54) is 0 Å². The van der Waals surface area contributed by atoms with Crippen molar-refractivity contribution < 1.29 is 24.4 Å². The predicted octanol–water partition coefficient (Wildman–Crippen LogP) is -0.185. The number of phenolic OH excluding ortho intramolecular Hbond substituents is 1. The molecule has 1 aromatic carbocycles. The number of phosphoric acid groups is 1. The Labute approximate surface area is 97.6 Å². The molecule has 0 unspecified atom stereocenters. The molecular formula is C6H10NaO5P. The number of benzene rings is 1. The van der Waals surface area contributed by atoms with Crippen molar-refractivity contribution >= 4 is 37.4 Å². The van der Waals surface area contributed by atoms with Crippen molar-refractivity contribution in [3.63, 3.8) is 0 Å². The Morgan fingerprint density at radius 1 is 1.00 bits per heavy atom. The Hall–Kier alpha value is 0.130. The minimum absolute atomic E-state index is 0. The molecule has 0 fully saturated rings. The van der Waals surface area contributed by atoms with Crippen molar-refractivity contribution in [1.82, 2.24) is 0 Å². The second kappa shape index (κ2) is 7.53. The SMILES string of the molecule is O=P(O)(O)O.Oc1ccccc1.[NaH]. The molecule has 70 valence electrons. The van der Waals surface area contributed by atoms with Gasteiger partial charge in [0.15, 0.2) is 0 Å². The summed E-state index contributed by atoms with van der Waals surface area (Å²) in [6.07, 6.45) is 0. The van der Waals surface area contributed by atoms with E-state index in [0.717, 1.165) is 0 Å². The van der Waals surface area contributed by atoms with Crippen molar-refractivity contribution in [3.8, 4) is 5.75 Å². The molecule has 1 rings (SSSR count). The van der Waals surface area contributed by atoms with Crippen LogP contribution in [0.25, 0.3) is 0 Å². The Balaban J connectivity index is 0. The van der Waals surface area contributed by atoms with Crippen LogP contribution < -0.4 is 0 Å². The van der Waals surface area contributed by atoms with Crippen molar-refractivity contribution in [1.29, 1.82) is 0 Å². The molecule has 0 atom stereocenters. The Kier molecular flexibility index (Phi) is 9.03. The fourth-order valence-electron chi connectivity index (χ4n) is 0.428. The van der Waals surface area contributed by atoms with E-state index in [0.29, 0.717) is 5.75 Å². The summed E-state index contributed by atoms with van der Waals surface area (Å²) in [5.41, 5.74) is 0. The van der Waals surface area contributed by atoms with E-state index >= 15 is 0 Å². The van der Waals surface area contributed by atoms with Gasteiger partial charge in [0.05, 0.1) is 0 Å². The van der Waals surface area contributed by atoms with Crippen LogP contribution in [0.3, 0.4) is 0 Å². The van der Waals surface area contributed by atoms with E-state index < -0.39 is 7.82 Å². The Morgan fingerprint density at radius 3 is 1.46 bits per heavy atom. The summed E-state index contributed by atoms with van der Waals surface area (Å²) in [5.74, 6) is 0.322. The average Bonchev–Trinajstić information content (AvgIpc) is 1.85. The molecule has 0 bridgehead atoms. The molecule has 0 spiro atoms. The first kappa shape index (κ1) is 15.6. The first-order valence-corrected chi connectivity index (χ1v) is 4.48. The zero-order chi connectivity index (χ0) is 9.61. The zero-order valence-corrected chi connectivity index (χ0v) is 6.93. The third kappa shape index (κ3) is 18.8. The third-order valence-electron chi connectivity index (χ3n) is 0.756.